The molecule has 12 heteroatoms. The Morgan fingerprint density at radius 3 is 1.39 bits per heavy atom. The summed E-state index contributed by atoms with van der Waals surface area (Å²) in [5.74, 6) is -12.9. The maximum atomic E-state index is 12.8. The van der Waals surface area contributed by atoms with E-state index in [9.17, 15) is 48.3 Å². The second-order valence-electron chi connectivity index (χ2n) is 2.92. The van der Waals surface area contributed by atoms with Gasteiger partial charge in [0.1, 0.15) is 6.61 Å². The van der Waals surface area contributed by atoms with Crippen LogP contribution in [0.25, 0.3) is 0 Å². The van der Waals surface area contributed by atoms with Crippen LogP contribution < -0.4 is 0 Å². The molecule has 0 saturated carbocycles. The number of hydrogen-bond acceptors (Lipinski definition) is 1. The molecule has 0 aromatic heterocycles. The fraction of sp³-hybridized carbons (Fsp3) is 1.00. The average Bonchev–Trinajstić information content (AvgIpc) is 2.10. The number of hydrogen-bond donors (Lipinski definition) is 0. The summed E-state index contributed by atoms with van der Waals surface area (Å²) in [7, 11) is 0. The van der Waals surface area contributed by atoms with E-state index in [0.717, 1.165) is 0 Å². The summed E-state index contributed by atoms with van der Waals surface area (Å²) in [4.78, 5) is 0. The molecule has 0 saturated heterocycles. The van der Waals surface area contributed by atoms with Crippen LogP contribution in [0.1, 0.15) is 0 Å². The van der Waals surface area contributed by atoms with E-state index in [1.807, 2.05) is 0 Å². The third-order valence-electron chi connectivity index (χ3n) is 1.51. The molecule has 0 aliphatic carbocycles. The predicted molar refractivity (Wildman–Crippen MR) is 32.9 cm³/mol. The van der Waals surface area contributed by atoms with Crippen molar-refractivity contribution in [3.63, 3.8) is 0 Å². The molecule has 110 valence electrons. The standard InChI is InChI=1S/C6H3F11O/c7-2(8)4(12,18-1-3(9,10)11)5(13,14)6(15,16)17/h2H,1H2. The first kappa shape index (κ1) is 17.2. The summed E-state index contributed by atoms with van der Waals surface area (Å²) in [6.07, 6.45) is -17.5. The van der Waals surface area contributed by atoms with Crippen molar-refractivity contribution in [1.82, 2.24) is 0 Å². The van der Waals surface area contributed by atoms with E-state index in [0.29, 0.717) is 0 Å². The predicted octanol–water partition coefficient (Wildman–Crippen LogP) is 3.69. The van der Waals surface area contributed by atoms with Gasteiger partial charge in [-0.25, -0.2) is 8.78 Å². The lowest BCUT2D eigenvalue weighted by atomic mass is 10.1. The van der Waals surface area contributed by atoms with Gasteiger partial charge in [0.2, 0.25) is 0 Å². The Balaban J connectivity index is 5.29. The summed E-state index contributed by atoms with van der Waals surface area (Å²) in [6, 6.07) is 0. The first-order chi connectivity index (χ1) is 7.65. The molecule has 1 nitrogen and oxygen atoms in total. The molecule has 0 fully saturated rings. The third kappa shape index (κ3) is 3.36. The highest BCUT2D eigenvalue weighted by Gasteiger charge is 2.77. The smallest absolute Gasteiger partial charge is 0.327 e. The molecule has 0 aliphatic rings. The summed E-state index contributed by atoms with van der Waals surface area (Å²) in [5, 5.41) is 0. The molecule has 0 heterocycles. The van der Waals surface area contributed by atoms with Gasteiger partial charge in [0.05, 0.1) is 0 Å². The van der Waals surface area contributed by atoms with Crippen LogP contribution in [0.15, 0.2) is 0 Å². The fourth-order valence-electron chi connectivity index (χ4n) is 0.671. The molecule has 0 aliphatic heterocycles. The van der Waals surface area contributed by atoms with Crippen LogP contribution in [0.2, 0.25) is 0 Å². The van der Waals surface area contributed by atoms with Crippen molar-refractivity contribution in [1.29, 1.82) is 0 Å². The minimum atomic E-state index is -6.84. The van der Waals surface area contributed by atoms with Gasteiger partial charge < -0.3 is 4.74 Å². The molecule has 0 aromatic carbocycles. The number of halogens is 11. The quantitative estimate of drug-likeness (QED) is 0.719. The van der Waals surface area contributed by atoms with Crippen LogP contribution in [0, 0.1) is 0 Å². The van der Waals surface area contributed by atoms with Crippen LogP contribution in [0.4, 0.5) is 48.3 Å². The van der Waals surface area contributed by atoms with Gasteiger partial charge in [0.25, 0.3) is 0 Å². The molecular formula is C6H3F11O. The van der Waals surface area contributed by atoms with E-state index in [1.54, 1.807) is 0 Å². The molecule has 0 radical (unpaired) electrons. The highest BCUT2D eigenvalue weighted by Crippen LogP contribution is 2.49. The topological polar surface area (TPSA) is 9.23 Å². The molecule has 0 N–H and O–H groups in total. The van der Waals surface area contributed by atoms with Crippen LogP contribution in [-0.2, 0) is 4.74 Å². The van der Waals surface area contributed by atoms with E-state index >= 15 is 0 Å². The second kappa shape index (κ2) is 4.70. The lowest BCUT2D eigenvalue weighted by molar-refractivity contribution is -0.415. The number of rotatable bonds is 4. The van der Waals surface area contributed by atoms with Crippen LogP contribution >= 0.6 is 0 Å². The van der Waals surface area contributed by atoms with Crippen molar-refractivity contribution in [2.45, 2.75) is 30.6 Å². The largest absolute Gasteiger partial charge is 0.459 e. The van der Waals surface area contributed by atoms with E-state index in [4.69, 9.17) is 0 Å². The first-order valence-corrected chi connectivity index (χ1v) is 3.77. The van der Waals surface area contributed by atoms with E-state index < -0.39 is 37.2 Å². The Kier molecular flexibility index (Phi) is 4.49. The van der Waals surface area contributed by atoms with Gasteiger partial charge in [0.15, 0.2) is 0 Å². The zero-order valence-electron chi connectivity index (χ0n) is 7.85. The van der Waals surface area contributed by atoms with Gasteiger partial charge >= 0.3 is 30.6 Å². The molecule has 18 heavy (non-hydrogen) atoms. The van der Waals surface area contributed by atoms with Gasteiger partial charge in [-0.05, 0) is 0 Å². The van der Waals surface area contributed by atoms with Crippen molar-refractivity contribution in [3.8, 4) is 0 Å². The fourth-order valence-corrected chi connectivity index (χ4v) is 0.671. The minimum absolute atomic E-state index is 2.44. The Labute approximate surface area is 91.5 Å². The van der Waals surface area contributed by atoms with Crippen LogP contribution in [-0.4, -0.2) is 37.2 Å². The Bertz CT molecular complexity index is 278. The zero-order chi connectivity index (χ0) is 15.0. The van der Waals surface area contributed by atoms with E-state index in [-0.39, 0.29) is 0 Å². The summed E-state index contributed by atoms with van der Waals surface area (Å²) in [5.41, 5.74) is 0. The summed E-state index contributed by atoms with van der Waals surface area (Å²) in [6.45, 7) is -3.03. The second-order valence-corrected chi connectivity index (χ2v) is 2.92. The monoisotopic (exact) mass is 300 g/mol. The van der Waals surface area contributed by atoms with E-state index in [2.05, 4.69) is 4.74 Å². The molecule has 0 amide bonds. The van der Waals surface area contributed by atoms with Gasteiger partial charge in [-0.3, -0.25) is 0 Å². The number of ether oxygens (including phenoxy) is 1. The Morgan fingerprint density at radius 1 is 0.778 bits per heavy atom. The molecular weight excluding hydrogens is 297 g/mol. The van der Waals surface area contributed by atoms with Crippen LogP contribution in [0.3, 0.4) is 0 Å². The summed E-state index contributed by atoms with van der Waals surface area (Å²) >= 11 is 0. The summed E-state index contributed by atoms with van der Waals surface area (Å²) < 4.78 is 133. The highest BCUT2D eigenvalue weighted by molar-refractivity contribution is 4.94. The van der Waals surface area contributed by atoms with E-state index in [1.165, 1.54) is 0 Å². The lowest BCUT2D eigenvalue weighted by Gasteiger charge is -2.33. The van der Waals surface area contributed by atoms with Gasteiger partial charge in [-0.2, -0.15) is 39.5 Å². The van der Waals surface area contributed by atoms with Crippen molar-refractivity contribution >= 4 is 0 Å². The third-order valence-corrected chi connectivity index (χ3v) is 1.51. The first-order valence-electron chi connectivity index (χ1n) is 3.77. The average molecular weight is 300 g/mol. The van der Waals surface area contributed by atoms with Gasteiger partial charge in [-0.1, -0.05) is 0 Å². The Hall–Kier alpha value is -0.810. The van der Waals surface area contributed by atoms with Crippen molar-refractivity contribution in [2.75, 3.05) is 6.61 Å². The highest BCUT2D eigenvalue weighted by atomic mass is 19.4. The van der Waals surface area contributed by atoms with Crippen molar-refractivity contribution < 1.29 is 53.0 Å². The van der Waals surface area contributed by atoms with Crippen molar-refractivity contribution in [3.05, 3.63) is 0 Å². The Morgan fingerprint density at radius 2 is 1.17 bits per heavy atom. The molecule has 0 spiro atoms. The lowest BCUT2D eigenvalue weighted by Crippen LogP contribution is -2.60. The maximum absolute atomic E-state index is 12.8. The normalized spacial score (nSPS) is 18.0. The molecule has 1 atom stereocenters. The minimum Gasteiger partial charge on any atom is -0.327 e. The molecule has 0 bridgehead atoms. The van der Waals surface area contributed by atoms with Crippen molar-refractivity contribution in [2.24, 2.45) is 0 Å². The number of alkyl halides is 11. The molecule has 1 unspecified atom stereocenters. The molecule has 0 aromatic rings. The zero-order valence-corrected chi connectivity index (χ0v) is 7.85. The maximum Gasteiger partial charge on any atom is 0.459 e. The van der Waals surface area contributed by atoms with Gasteiger partial charge in [-0.15, -0.1) is 0 Å². The van der Waals surface area contributed by atoms with Crippen LogP contribution in [0.5, 0.6) is 0 Å². The SMILES string of the molecule is FC(F)C(F)(OCC(F)(F)F)C(F)(F)C(F)(F)F. The molecule has 0 rings (SSSR count). The van der Waals surface area contributed by atoms with Gasteiger partial charge in [0, 0.05) is 0 Å².